The number of carbonyl (C=O) groups excluding carboxylic acids is 1. The molecule has 0 amide bonds. The van der Waals surface area contributed by atoms with E-state index in [2.05, 4.69) is 31.2 Å². The first-order valence-electron chi connectivity index (χ1n) is 5.69. The molecule has 0 saturated heterocycles. The number of thioether (sulfide) groups is 1. The summed E-state index contributed by atoms with van der Waals surface area (Å²) in [7, 11) is 0. The second-order valence-corrected chi connectivity index (χ2v) is 4.89. The summed E-state index contributed by atoms with van der Waals surface area (Å²) in [6, 6.07) is 7.84. The molecule has 0 aliphatic carbocycles. The summed E-state index contributed by atoms with van der Waals surface area (Å²) in [5, 5.41) is 0. The predicted molar refractivity (Wildman–Crippen MR) is 71.9 cm³/mol. The van der Waals surface area contributed by atoms with Gasteiger partial charge in [0.2, 0.25) is 0 Å². The van der Waals surface area contributed by atoms with Gasteiger partial charge < -0.3 is 10.5 Å². The number of nitrogens with two attached hydrogens (primary N) is 1. The molecule has 0 heterocycles. The maximum Gasteiger partial charge on any atom is 0.323 e. The molecule has 0 saturated carbocycles. The van der Waals surface area contributed by atoms with Gasteiger partial charge in [0.15, 0.2) is 0 Å². The fourth-order valence-electron chi connectivity index (χ4n) is 1.31. The highest BCUT2D eigenvalue weighted by atomic mass is 32.2. The molecule has 0 aromatic heterocycles. The first-order valence-corrected chi connectivity index (χ1v) is 6.84. The largest absolute Gasteiger partial charge is 0.465 e. The lowest BCUT2D eigenvalue weighted by atomic mass is 10.2. The Morgan fingerprint density at radius 3 is 2.65 bits per heavy atom. The molecule has 0 spiro atoms. The van der Waals surface area contributed by atoms with Crippen molar-refractivity contribution in [1.82, 2.24) is 0 Å². The molecule has 1 aromatic rings. The number of aryl methyl sites for hydroxylation is 1. The van der Waals surface area contributed by atoms with Crippen LogP contribution in [-0.2, 0) is 15.3 Å². The van der Waals surface area contributed by atoms with Crippen LogP contribution in [0.1, 0.15) is 18.1 Å². The van der Waals surface area contributed by atoms with Crippen molar-refractivity contribution in [2.45, 2.75) is 25.6 Å². The van der Waals surface area contributed by atoms with E-state index in [1.807, 2.05) is 0 Å². The normalized spacial score (nSPS) is 12.2. The monoisotopic (exact) mass is 253 g/mol. The Hall–Kier alpha value is -1.00. The zero-order valence-electron chi connectivity index (χ0n) is 10.3. The van der Waals surface area contributed by atoms with Crippen LogP contribution in [0.4, 0.5) is 0 Å². The van der Waals surface area contributed by atoms with Crippen molar-refractivity contribution < 1.29 is 9.53 Å². The molecule has 17 heavy (non-hydrogen) atoms. The quantitative estimate of drug-likeness (QED) is 0.789. The minimum absolute atomic E-state index is 0.316. The third kappa shape index (κ3) is 5.24. The Bertz CT molecular complexity index is 351. The summed E-state index contributed by atoms with van der Waals surface area (Å²) in [6.07, 6.45) is 0. The maximum absolute atomic E-state index is 11.3. The van der Waals surface area contributed by atoms with Crippen LogP contribution >= 0.6 is 11.8 Å². The molecule has 0 unspecified atom stereocenters. The third-order valence-corrected chi connectivity index (χ3v) is 3.41. The minimum atomic E-state index is -0.523. The topological polar surface area (TPSA) is 52.3 Å². The standard InChI is InChI=1S/C13H19NO2S/c1-3-16-13(15)12(14)9-17-8-11-6-4-10(2)5-7-11/h4-7,12H,3,8-9,14H2,1-2H3/t12-/m0/s1. The number of carbonyl (C=O) groups is 1. The van der Waals surface area contributed by atoms with E-state index in [0.29, 0.717) is 12.4 Å². The summed E-state index contributed by atoms with van der Waals surface area (Å²) < 4.78 is 4.84. The van der Waals surface area contributed by atoms with Crippen LogP contribution in [0.3, 0.4) is 0 Å². The Labute approximate surface area is 107 Å². The molecule has 4 heteroatoms. The van der Waals surface area contributed by atoms with Gasteiger partial charge in [0, 0.05) is 11.5 Å². The minimum Gasteiger partial charge on any atom is -0.465 e. The molecule has 0 aliphatic heterocycles. The Kier molecular flexibility index (Phi) is 6.08. The van der Waals surface area contributed by atoms with Gasteiger partial charge in [-0.25, -0.2) is 0 Å². The van der Waals surface area contributed by atoms with Crippen LogP contribution in [0, 0.1) is 6.92 Å². The summed E-state index contributed by atoms with van der Waals surface area (Å²) in [5.74, 6) is 1.14. The lowest BCUT2D eigenvalue weighted by Crippen LogP contribution is -2.34. The highest BCUT2D eigenvalue weighted by molar-refractivity contribution is 7.98. The fraction of sp³-hybridized carbons (Fsp3) is 0.462. The first kappa shape index (κ1) is 14.1. The SMILES string of the molecule is CCOC(=O)[C@@H](N)CSCc1ccc(C)cc1. The zero-order chi connectivity index (χ0) is 12.7. The van der Waals surface area contributed by atoms with E-state index in [4.69, 9.17) is 10.5 Å². The molecule has 1 atom stereocenters. The smallest absolute Gasteiger partial charge is 0.323 e. The number of benzene rings is 1. The third-order valence-electron chi connectivity index (χ3n) is 2.28. The van der Waals surface area contributed by atoms with Gasteiger partial charge in [-0.2, -0.15) is 11.8 Å². The summed E-state index contributed by atoms with van der Waals surface area (Å²) in [6.45, 7) is 4.23. The van der Waals surface area contributed by atoms with Gasteiger partial charge in [0.05, 0.1) is 6.61 Å². The fourth-order valence-corrected chi connectivity index (χ4v) is 2.24. The van der Waals surface area contributed by atoms with Crippen molar-refractivity contribution in [2.24, 2.45) is 5.73 Å². The van der Waals surface area contributed by atoms with Crippen molar-refractivity contribution in [3.05, 3.63) is 35.4 Å². The molecular weight excluding hydrogens is 234 g/mol. The molecule has 0 radical (unpaired) electrons. The molecule has 2 N–H and O–H groups in total. The zero-order valence-corrected chi connectivity index (χ0v) is 11.1. The Morgan fingerprint density at radius 2 is 2.06 bits per heavy atom. The maximum atomic E-state index is 11.3. The lowest BCUT2D eigenvalue weighted by molar-refractivity contribution is -0.144. The van der Waals surface area contributed by atoms with E-state index in [9.17, 15) is 4.79 Å². The second-order valence-electron chi connectivity index (χ2n) is 3.86. The van der Waals surface area contributed by atoms with Gasteiger partial charge >= 0.3 is 5.97 Å². The lowest BCUT2D eigenvalue weighted by Gasteiger charge is -2.10. The van der Waals surface area contributed by atoms with Crippen molar-refractivity contribution in [3.63, 3.8) is 0 Å². The molecule has 0 fully saturated rings. The molecule has 1 aromatic carbocycles. The van der Waals surface area contributed by atoms with E-state index in [-0.39, 0.29) is 5.97 Å². The number of esters is 1. The van der Waals surface area contributed by atoms with Gasteiger partial charge in [-0.05, 0) is 19.4 Å². The molecule has 3 nitrogen and oxygen atoms in total. The summed E-state index contributed by atoms with van der Waals surface area (Å²) in [4.78, 5) is 11.3. The first-order chi connectivity index (χ1) is 8.13. The van der Waals surface area contributed by atoms with E-state index in [1.165, 1.54) is 11.1 Å². The number of hydrogen-bond acceptors (Lipinski definition) is 4. The van der Waals surface area contributed by atoms with Gasteiger partial charge in [0.25, 0.3) is 0 Å². The van der Waals surface area contributed by atoms with E-state index >= 15 is 0 Å². The molecule has 94 valence electrons. The van der Waals surface area contributed by atoms with Crippen LogP contribution in [0.5, 0.6) is 0 Å². The van der Waals surface area contributed by atoms with Gasteiger partial charge in [0.1, 0.15) is 6.04 Å². The van der Waals surface area contributed by atoms with Crippen LogP contribution in [0.15, 0.2) is 24.3 Å². The second kappa shape index (κ2) is 7.35. The van der Waals surface area contributed by atoms with E-state index in [0.717, 1.165) is 5.75 Å². The van der Waals surface area contributed by atoms with Gasteiger partial charge in [-0.3, -0.25) is 4.79 Å². The molecule has 0 bridgehead atoms. The van der Waals surface area contributed by atoms with Crippen molar-refractivity contribution in [3.8, 4) is 0 Å². The number of hydrogen-bond donors (Lipinski definition) is 1. The van der Waals surface area contributed by atoms with Crippen LogP contribution < -0.4 is 5.73 Å². The van der Waals surface area contributed by atoms with E-state index in [1.54, 1.807) is 18.7 Å². The Balaban J connectivity index is 2.27. The highest BCUT2D eigenvalue weighted by Crippen LogP contribution is 2.13. The van der Waals surface area contributed by atoms with Crippen LogP contribution in [-0.4, -0.2) is 24.4 Å². The van der Waals surface area contributed by atoms with Crippen LogP contribution in [0.25, 0.3) is 0 Å². The Morgan fingerprint density at radius 1 is 1.41 bits per heavy atom. The average Bonchev–Trinajstić information content (AvgIpc) is 2.32. The highest BCUT2D eigenvalue weighted by Gasteiger charge is 2.13. The summed E-state index contributed by atoms with van der Waals surface area (Å²) in [5.41, 5.74) is 8.19. The molecule has 0 aliphatic rings. The number of ether oxygens (including phenoxy) is 1. The summed E-state index contributed by atoms with van der Waals surface area (Å²) >= 11 is 1.65. The van der Waals surface area contributed by atoms with Crippen molar-refractivity contribution in [2.75, 3.05) is 12.4 Å². The van der Waals surface area contributed by atoms with Crippen molar-refractivity contribution in [1.29, 1.82) is 0 Å². The van der Waals surface area contributed by atoms with Gasteiger partial charge in [-0.1, -0.05) is 29.8 Å². The number of rotatable bonds is 6. The average molecular weight is 253 g/mol. The molecular formula is C13H19NO2S. The van der Waals surface area contributed by atoms with Gasteiger partial charge in [-0.15, -0.1) is 0 Å². The van der Waals surface area contributed by atoms with Crippen LogP contribution in [0.2, 0.25) is 0 Å². The van der Waals surface area contributed by atoms with Crippen molar-refractivity contribution >= 4 is 17.7 Å². The predicted octanol–water partition coefficient (Wildman–Crippen LogP) is 2.12. The molecule has 1 rings (SSSR count). The van der Waals surface area contributed by atoms with E-state index < -0.39 is 6.04 Å².